The maximum Gasteiger partial charge on any atom is 0.233 e. The number of halogens is 1. The molecule has 0 bridgehead atoms. The second kappa shape index (κ2) is 12.6. The van der Waals surface area contributed by atoms with Gasteiger partial charge in [-0.2, -0.15) is 0 Å². The summed E-state index contributed by atoms with van der Waals surface area (Å²) in [5.74, 6) is 1.50. The fourth-order valence-electron chi connectivity index (χ4n) is 7.45. The van der Waals surface area contributed by atoms with E-state index >= 15 is 0 Å². The molecule has 1 saturated heterocycles. The summed E-state index contributed by atoms with van der Waals surface area (Å²) in [5, 5.41) is 0.817. The molecule has 0 N–H and O–H groups in total. The number of allylic oxidation sites excluding steroid dienone is 2. The molecule has 0 unspecified atom stereocenters. The molecule has 4 aliphatic rings. The van der Waals surface area contributed by atoms with Gasteiger partial charge in [0.2, 0.25) is 11.8 Å². The van der Waals surface area contributed by atoms with Crippen molar-refractivity contribution in [1.29, 1.82) is 0 Å². The molecule has 2 aromatic carbocycles. The first kappa shape index (κ1) is 28.3. The van der Waals surface area contributed by atoms with Crippen LogP contribution in [0.25, 0.3) is 0 Å². The van der Waals surface area contributed by atoms with Crippen molar-refractivity contribution >= 4 is 23.4 Å². The Kier molecular flexibility index (Phi) is 8.68. The first-order valence-corrected chi connectivity index (χ1v) is 15.7. The van der Waals surface area contributed by atoms with Gasteiger partial charge in [-0.3, -0.25) is 19.4 Å². The Hall–Kier alpha value is -2.83. The molecule has 0 spiro atoms. The van der Waals surface area contributed by atoms with E-state index in [4.69, 9.17) is 21.1 Å². The van der Waals surface area contributed by atoms with Crippen LogP contribution in [0.2, 0.25) is 5.02 Å². The minimum absolute atomic E-state index is 0.0657. The lowest BCUT2D eigenvalue weighted by Gasteiger charge is -2.34. The summed E-state index contributed by atoms with van der Waals surface area (Å²) in [6.07, 6.45) is 14.2. The molecule has 3 atom stereocenters. The van der Waals surface area contributed by atoms with Crippen LogP contribution in [-0.2, 0) is 22.6 Å². The zero-order valence-electron chi connectivity index (χ0n) is 24.0. The largest absolute Gasteiger partial charge is 0.493 e. The molecular weight excluding hydrogens is 536 g/mol. The van der Waals surface area contributed by atoms with E-state index in [1.165, 1.54) is 53.7 Å². The Morgan fingerprint density at radius 2 is 1.68 bits per heavy atom. The molecule has 6 nitrogen and oxygen atoms in total. The zero-order valence-corrected chi connectivity index (χ0v) is 24.8. The minimum Gasteiger partial charge on any atom is -0.493 e. The van der Waals surface area contributed by atoms with E-state index in [9.17, 15) is 9.59 Å². The van der Waals surface area contributed by atoms with Crippen LogP contribution in [0, 0.1) is 17.8 Å². The molecule has 3 aliphatic carbocycles. The number of rotatable bonds is 10. The molecule has 7 heteroatoms. The Labute approximate surface area is 248 Å². The van der Waals surface area contributed by atoms with E-state index in [0.717, 1.165) is 36.9 Å². The fourth-order valence-corrected chi connectivity index (χ4v) is 7.64. The molecule has 6 rings (SSSR count). The predicted octanol–water partition coefficient (Wildman–Crippen LogP) is 6.75. The van der Waals surface area contributed by atoms with Gasteiger partial charge in [0.25, 0.3) is 0 Å². The standard InChI is InChI=1S/C34H41ClN2O4/c1-40-32-19-24(11-16-31(32)41-18-17-37-33(38)28-9-5-6-10-29(28)34(37)39)22-36(21-23-7-3-2-4-8-23)30-15-12-25-20-26(35)13-14-27(25)30/h5-6,11,13-14,16,19-20,23,28-30H,2-4,7-10,12,15,17-18,21-22H2,1H3/t28-,29+,30-/m0/s1. The van der Waals surface area contributed by atoms with E-state index < -0.39 is 0 Å². The van der Waals surface area contributed by atoms with Crippen molar-refractivity contribution < 1.29 is 19.1 Å². The summed E-state index contributed by atoms with van der Waals surface area (Å²) in [6, 6.07) is 12.9. The van der Waals surface area contributed by atoms with Gasteiger partial charge < -0.3 is 9.47 Å². The van der Waals surface area contributed by atoms with E-state index in [1.54, 1.807) is 7.11 Å². The highest BCUT2D eigenvalue weighted by molar-refractivity contribution is 6.30. The molecule has 2 amide bonds. The van der Waals surface area contributed by atoms with Crippen LogP contribution in [-0.4, -0.2) is 48.4 Å². The van der Waals surface area contributed by atoms with Crippen molar-refractivity contribution in [2.45, 2.75) is 70.4 Å². The summed E-state index contributed by atoms with van der Waals surface area (Å²) in [6.45, 7) is 2.45. The van der Waals surface area contributed by atoms with Gasteiger partial charge in [0, 0.05) is 24.2 Å². The van der Waals surface area contributed by atoms with Gasteiger partial charge in [0.1, 0.15) is 6.61 Å². The molecule has 1 aliphatic heterocycles. The van der Waals surface area contributed by atoms with Gasteiger partial charge in [-0.15, -0.1) is 0 Å². The van der Waals surface area contributed by atoms with Crippen LogP contribution in [0.1, 0.15) is 74.1 Å². The van der Waals surface area contributed by atoms with Gasteiger partial charge in [-0.25, -0.2) is 0 Å². The summed E-state index contributed by atoms with van der Waals surface area (Å²) in [4.78, 5) is 29.6. The van der Waals surface area contributed by atoms with Crippen LogP contribution in [0.4, 0.5) is 0 Å². The van der Waals surface area contributed by atoms with Gasteiger partial charge in [-0.05, 0) is 85.4 Å². The number of fused-ring (bicyclic) bond motifs is 2. The minimum atomic E-state index is -0.207. The third-order valence-corrected chi connectivity index (χ3v) is 9.83. The Morgan fingerprint density at radius 3 is 2.41 bits per heavy atom. The maximum atomic E-state index is 12.8. The number of aryl methyl sites for hydroxylation is 1. The third-order valence-electron chi connectivity index (χ3n) is 9.59. The highest BCUT2D eigenvalue weighted by Gasteiger charge is 2.46. The SMILES string of the molecule is COc1cc(CN(CC2CCCCC2)[C@H]2CCc3cc(Cl)ccc32)ccc1OCCN1C(=O)[C@H]2CC=CC[C@H]2C1=O. The van der Waals surface area contributed by atoms with E-state index in [2.05, 4.69) is 29.2 Å². The molecule has 2 fully saturated rings. The number of likely N-dealkylation sites (tertiary alicyclic amines) is 1. The van der Waals surface area contributed by atoms with Crippen LogP contribution < -0.4 is 9.47 Å². The summed E-state index contributed by atoms with van der Waals surface area (Å²) >= 11 is 6.32. The number of hydrogen-bond acceptors (Lipinski definition) is 5. The van der Waals surface area contributed by atoms with Gasteiger partial charge >= 0.3 is 0 Å². The average molecular weight is 577 g/mol. The lowest BCUT2D eigenvalue weighted by molar-refractivity contribution is -0.140. The summed E-state index contributed by atoms with van der Waals surface area (Å²) < 4.78 is 11.8. The number of benzene rings is 2. The summed E-state index contributed by atoms with van der Waals surface area (Å²) in [5.41, 5.74) is 3.98. The Balaban J connectivity index is 1.13. The van der Waals surface area contributed by atoms with Crippen molar-refractivity contribution in [2.75, 3.05) is 26.8 Å². The van der Waals surface area contributed by atoms with E-state index in [1.807, 2.05) is 24.3 Å². The third kappa shape index (κ3) is 6.05. The molecule has 0 aromatic heterocycles. The predicted molar refractivity (Wildman–Crippen MR) is 160 cm³/mol. The number of methoxy groups -OCH3 is 1. The Morgan fingerprint density at radius 1 is 0.927 bits per heavy atom. The lowest BCUT2D eigenvalue weighted by Crippen LogP contribution is -2.34. The summed E-state index contributed by atoms with van der Waals surface area (Å²) in [7, 11) is 1.66. The van der Waals surface area contributed by atoms with Crippen LogP contribution in [0.3, 0.4) is 0 Å². The Bertz CT molecular complexity index is 1280. The normalized spacial score (nSPS) is 24.2. The number of hydrogen-bond donors (Lipinski definition) is 0. The number of imide groups is 1. The molecule has 41 heavy (non-hydrogen) atoms. The second-order valence-corrected chi connectivity index (χ2v) is 12.6. The van der Waals surface area contributed by atoms with Gasteiger partial charge in [0.15, 0.2) is 11.5 Å². The molecule has 0 radical (unpaired) electrons. The highest BCUT2D eigenvalue weighted by atomic mass is 35.5. The molecule has 1 saturated carbocycles. The monoisotopic (exact) mass is 576 g/mol. The van der Waals surface area contributed by atoms with Crippen LogP contribution in [0.5, 0.6) is 11.5 Å². The lowest BCUT2D eigenvalue weighted by atomic mass is 9.85. The van der Waals surface area contributed by atoms with Crippen LogP contribution in [0.15, 0.2) is 48.6 Å². The second-order valence-electron chi connectivity index (χ2n) is 12.1. The van der Waals surface area contributed by atoms with Crippen LogP contribution >= 0.6 is 11.6 Å². The molecule has 1 heterocycles. The topological polar surface area (TPSA) is 59.1 Å². The van der Waals surface area contributed by atoms with Crippen molar-refractivity contribution in [3.8, 4) is 11.5 Å². The van der Waals surface area contributed by atoms with E-state index in [0.29, 0.717) is 30.4 Å². The highest BCUT2D eigenvalue weighted by Crippen LogP contribution is 2.40. The number of ether oxygens (including phenoxy) is 2. The molecular formula is C34H41ClN2O4. The maximum absolute atomic E-state index is 12.8. The first-order valence-electron chi connectivity index (χ1n) is 15.3. The fraction of sp³-hybridized carbons (Fsp3) is 0.529. The molecule has 2 aromatic rings. The number of carbonyl (C=O) groups is 2. The smallest absolute Gasteiger partial charge is 0.233 e. The first-order chi connectivity index (χ1) is 20.0. The number of carbonyl (C=O) groups excluding carboxylic acids is 2. The van der Waals surface area contributed by atoms with Gasteiger partial charge in [0.05, 0.1) is 25.5 Å². The van der Waals surface area contributed by atoms with Crippen molar-refractivity contribution in [1.82, 2.24) is 9.80 Å². The van der Waals surface area contributed by atoms with Crippen molar-refractivity contribution in [2.24, 2.45) is 17.8 Å². The quantitative estimate of drug-likeness (QED) is 0.231. The van der Waals surface area contributed by atoms with Crippen molar-refractivity contribution in [3.05, 3.63) is 70.3 Å². The zero-order chi connectivity index (χ0) is 28.3. The van der Waals surface area contributed by atoms with E-state index in [-0.39, 0.29) is 36.8 Å². The van der Waals surface area contributed by atoms with Crippen molar-refractivity contribution in [3.63, 3.8) is 0 Å². The number of nitrogens with zero attached hydrogens (tertiary/aromatic N) is 2. The number of amides is 2. The van der Waals surface area contributed by atoms with Gasteiger partial charge in [-0.1, -0.05) is 55.1 Å². The molecule has 218 valence electrons. The average Bonchev–Trinajstić information content (AvgIpc) is 3.52.